The van der Waals surface area contributed by atoms with E-state index in [0.717, 1.165) is 0 Å². The molecule has 122 valence electrons. The van der Waals surface area contributed by atoms with Crippen molar-refractivity contribution in [1.82, 2.24) is 4.90 Å². The van der Waals surface area contributed by atoms with Crippen LogP contribution in [0.25, 0.3) is 0 Å². The summed E-state index contributed by atoms with van der Waals surface area (Å²) in [7, 11) is -3.85. The topological polar surface area (TPSA) is 72.9 Å². The maximum absolute atomic E-state index is 12.5. The molecule has 0 aliphatic carbocycles. The van der Waals surface area contributed by atoms with Gasteiger partial charge in [-0.2, -0.15) is 0 Å². The van der Waals surface area contributed by atoms with Gasteiger partial charge in [-0.1, -0.05) is 11.6 Å². The minimum absolute atomic E-state index is 0.0246. The highest BCUT2D eigenvalue weighted by Gasteiger charge is 2.27. The molecule has 0 atom stereocenters. The van der Waals surface area contributed by atoms with Crippen LogP contribution in [0.4, 0.5) is 0 Å². The van der Waals surface area contributed by atoms with Crippen molar-refractivity contribution < 1.29 is 22.7 Å². The molecule has 1 aliphatic rings. The SMILES string of the molecule is CCN(CC)C(=O)CS(=O)(=O)c1cc2c(cc1Cl)OCCO2. The number of halogens is 1. The Morgan fingerprint density at radius 1 is 1.18 bits per heavy atom. The first-order valence-corrected chi connectivity index (χ1v) is 9.01. The lowest BCUT2D eigenvalue weighted by molar-refractivity contribution is -0.128. The standard InChI is InChI=1S/C14H18ClNO5S/c1-3-16(4-2)14(17)9-22(18,19)13-8-12-11(7-10(13)15)20-5-6-21-12/h7-8H,3-6,9H2,1-2H3. The summed E-state index contributed by atoms with van der Waals surface area (Å²) < 4.78 is 35.6. The van der Waals surface area contributed by atoms with Crippen molar-refractivity contribution in [3.05, 3.63) is 17.2 Å². The molecule has 1 aromatic carbocycles. The van der Waals surface area contributed by atoms with E-state index in [1.165, 1.54) is 17.0 Å². The predicted octanol–water partition coefficient (Wildman–Crippen LogP) is 1.75. The second kappa shape index (κ2) is 6.75. The van der Waals surface area contributed by atoms with E-state index in [9.17, 15) is 13.2 Å². The van der Waals surface area contributed by atoms with Gasteiger partial charge in [0.1, 0.15) is 19.0 Å². The Balaban J connectivity index is 2.31. The fourth-order valence-electron chi connectivity index (χ4n) is 2.19. The molecule has 22 heavy (non-hydrogen) atoms. The zero-order valence-electron chi connectivity index (χ0n) is 12.5. The molecule has 2 rings (SSSR count). The third-order valence-corrected chi connectivity index (χ3v) is 5.42. The summed E-state index contributed by atoms with van der Waals surface area (Å²) in [5.74, 6) is -0.334. The molecule has 6 nitrogen and oxygen atoms in total. The van der Waals surface area contributed by atoms with E-state index in [1.54, 1.807) is 13.8 Å². The van der Waals surface area contributed by atoms with Crippen molar-refractivity contribution in [2.24, 2.45) is 0 Å². The Morgan fingerprint density at radius 2 is 1.73 bits per heavy atom. The number of carbonyl (C=O) groups is 1. The molecule has 1 aromatic rings. The average molecular weight is 348 g/mol. The Bertz CT molecular complexity index is 670. The van der Waals surface area contributed by atoms with Gasteiger partial charge in [-0.3, -0.25) is 4.79 Å². The largest absolute Gasteiger partial charge is 0.486 e. The highest BCUT2D eigenvalue weighted by molar-refractivity contribution is 7.92. The Morgan fingerprint density at radius 3 is 2.27 bits per heavy atom. The fourth-order valence-corrected chi connectivity index (χ4v) is 4.00. The van der Waals surface area contributed by atoms with Gasteiger partial charge < -0.3 is 14.4 Å². The highest BCUT2D eigenvalue weighted by Crippen LogP contribution is 2.37. The summed E-state index contributed by atoms with van der Waals surface area (Å²) in [5.41, 5.74) is 0. The molecule has 1 aliphatic heterocycles. The first-order valence-electron chi connectivity index (χ1n) is 6.98. The van der Waals surface area contributed by atoms with Gasteiger partial charge >= 0.3 is 0 Å². The number of benzene rings is 1. The molecule has 0 spiro atoms. The van der Waals surface area contributed by atoms with Crippen molar-refractivity contribution >= 4 is 27.3 Å². The van der Waals surface area contributed by atoms with E-state index in [-0.39, 0.29) is 9.92 Å². The number of ether oxygens (including phenoxy) is 2. The van der Waals surface area contributed by atoms with E-state index in [2.05, 4.69) is 0 Å². The van der Waals surface area contributed by atoms with Crippen LogP contribution in [0, 0.1) is 0 Å². The Labute approximate surface area is 134 Å². The molecule has 0 unspecified atom stereocenters. The van der Waals surface area contributed by atoms with Crippen molar-refractivity contribution in [1.29, 1.82) is 0 Å². The van der Waals surface area contributed by atoms with Crippen LogP contribution in [0.1, 0.15) is 13.8 Å². The third-order valence-electron chi connectivity index (χ3n) is 3.36. The molecule has 8 heteroatoms. The van der Waals surface area contributed by atoms with E-state index < -0.39 is 21.5 Å². The van der Waals surface area contributed by atoms with Crippen LogP contribution in [0.5, 0.6) is 11.5 Å². The summed E-state index contributed by atoms with van der Waals surface area (Å²) in [4.78, 5) is 13.4. The lowest BCUT2D eigenvalue weighted by Crippen LogP contribution is -2.35. The molecular weight excluding hydrogens is 330 g/mol. The van der Waals surface area contributed by atoms with Gasteiger partial charge in [-0.25, -0.2) is 8.42 Å². The molecule has 1 heterocycles. The number of hydrogen-bond donors (Lipinski definition) is 0. The second-order valence-corrected chi connectivity index (χ2v) is 7.12. The fraction of sp³-hybridized carbons (Fsp3) is 0.500. The molecule has 0 N–H and O–H groups in total. The number of sulfone groups is 1. The van der Waals surface area contributed by atoms with Crippen LogP contribution < -0.4 is 9.47 Å². The van der Waals surface area contributed by atoms with Gasteiger partial charge in [-0.05, 0) is 13.8 Å². The highest BCUT2D eigenvalue weighted by atomic mass is 35.5. The number of nitrogens with zero attached hydrogens (tertiary/aromatic N) is 1. The maximum Gasteiger partial charge on any atom is 0.238 e. The summed E-state index contributed by atoms with van der Waals surface area (Å²) in [6.45, 7) is 5.23. The zero-order valence-corrected chi connectivity index (χ0v) is 14.0. The van der Waals surface area contributed by atoms with Crippen molar-refractivity contribution in [3.63, 3.8) is 0 Å². The summed E-state index contributed by atoms with van der Waals surface area (Å²) in [6.07, 6.45) is 0. The first-order chi connectivity index (χ1) is 10.4. The predicted molar refractivity (Wildman–Crippen MR) is 82.4 cm³/mol. The van der Waals surface area contributed by atoms with Crippen molar-refractivity contribution in [3.8, 4) is 11.5 Å². The average Bonchev–Trinajstić information content (AvgIpc) is 2.47. The monoisotopic (exact) mass is 347 g/mol. The molecule has 0 bridgehead atoms. The van der Waals surface area contributed by atoms with Crippen molar-refractivity contribution in [2.45, 2.75) is 18.7 Å². The van der Waals surface area contributed by atoms with Crippen LogP contribution in [-0.2, 0) is 14.6 Å². The van der Waals surface area contributed by atoms with Gasteiger partial charge in [0, 0.05) is 25.2 Å². The Hall–Kier alpha value is -1.47. The Kier molecular flexibility index (Phi) is 5.18. The van der Waals surface area contributed by atoms with Gasteiger partial charge in [0.05, 0.1) is 9.92 Å². The molecule has 0 fully saturated rings. The van der Waals surface area contributed by atoms with Gasteiger partial charge in [0.25, 0.3) is 0 Å². The van der Waals surface area contributed by atoms with Crippen LogP contribution in [0.3, 0.4) is 0 Å². The lowest BCUT2D eigenvalue weighted by atomic mass is 10.3. The first kappa shape index (κ1) is 16.9. The number of fused-ring (bicyclic) bond motifs is 1. The summed E-state index contributed by atoms with van der Waals surface area (Å²) in [6, 6.07) is 2.73. The zero-order chi connectivity index (χ0) is 16.3. The van der Waals surface area contributed by atoms with Crippen LogP contribution >= 0.6 is 11.6 Å². The van der Waals surface area contributed by atoms with E-state index >= 15 is 0 Å². The van der Waals surface area contributed by atoms with Crippen LogP contribution in [-0.4, -0.2) is 51.3 Å². The smallest absolute Gasteiger partial charge is 0.238 e. The number of rotatable bonds is 5. The van der Waals surface area contributed by atoms with E-state index in [1.807, 2.05) is 0 Å². The molecule has 0 saturated carbocycles. The maximum atomic E-state index is 12.5. The second-order valence-electron chi connectivity index (χ2n) is 4.75. The molecule has 0 aromatic heterocycles. The van der Waals surface area contributed by atoms with Gasteiger partial charge in [-0.15, -0.1) is 0 Å². The number of hydrogen-bond acceptors (Lipinski definition) is 5. The van der Waals surface area contributed by atoms with E-state index in [0.29, 0.717) is 37.8 Å². The quantitative estimate of drug-likeness (QED) is 0.811. The van der Waals surface area contributed by atoms with E-state index in [4.69, 9.17) is 21.1 Å². The summed E-state index contributed by atoms with van der Waals surface area (Å²) in [5, 5.41) is 0.0246. The minimum Gasteiger partial charge on any atom is -0.486 e. The van der Waals surface area contributed by atoms with Gasteiger partial charge in [0.15, 0.2) is 21.3 Å². The van der Waals surface area contributed by atoms with Crippen molar-refractivity contribution in [2.75, 3.05) is 32.1 Å². The van der Waals surface area contributed by atoms with Crippen LogP contribution in [0.2, 0.25) is 5.02 Å². The summed E-state index contributed by atoms with van der Waals surface area (Å²) >= 11 is 6.04. The lowest BCUT2D eigenvalue weighted by Gasteiger charge is -2.21. The molecular formula is C14H18ClNO5S. The molecule has 0 radical (unpaired) electrons. The number of carbonyl (C=O) groups excluding carboxylic acids is 1. The molecule has 0 saturated heterocycles. The molecule has 1 amide bonds. The normalized spacial score (nSPS) is 13.8. The van der Waals surface area contributed by atoms with Gasteiger partial charge in [0.2, 0.25) is 5.91 Å². The third kappa shape index (κ3) is 3.47. The number of amides is 1. The minimum atomic E-state index is -3.85. The van der Waals surface area contributed by atoms with Crippen LogP contribution in [0.15, 0.2) is 17.0 Å².